The molecule has 3 atom stereocenters. The van der Waals surface area contributed by atoms with Gasteiger partial charge in [0.1, 0.15) is 11.7 Å². The first-order chi connectivity index (χ1) is 14.6. The van der Waals surface area contributed by atoms with Crippen molar-refractivity contribution in [1.29, 1.82) is 0 Å². The molecule has 0 saturated carbocycles. The van der Waals surface area contributed by atoms with Crippen LogP contribution in [-0.2, 0) is 14.3 Å². The monoisotopic (exact) mass is 405 g/mol. The smallest absolute Gasteiger partial charge is 0.315 e. The molecule has 1 aromatic carbocycles. The van der Waals surface area contributed by atoms with Crippen molar-refractivity contribution in [2.75, 3.05) is 6.61 Å². The Labute approximate surface area is 176 Å². The number of nitrogens with zero attached hydrogens (tertiary/aromatic N) is 1. The first-order valence-corrected chi connectivity index (χ1v) is 10.7. The number of furan rings is 1. The maximum atomic E-state index is 13.3. The number of hydrogen-bond acceptors (Lipinski definition) is 5. The lowest BCUT2D eigenvalue weighted by atomic mass is 9.71. The van der Waals surface area contributed by atoms with Crippen LogP contribution in [0.2, 0.25) is 0 Å². The first-order valence-electron chi connectivity index (χ1n) is 10.7. The zero-order chi connectivity index (χ0) is 21.1. The fourth-order valence-electron chi connectivity index (χ4n) is 4.51. The van der Waals surface area contributed by atoms with Crippen LogP contribution < -0.4 is 0 Å². The minimum Gasteiger partial charge on any atom is -0.469 e. The zero-order valence-electron chi connectivity index (χ0n) is 17.5. The predicted molar refractivity (Wildman–Crippen MR) is 114 cm³/mol. The molecule has 30 heavy (non-hydrogen) atoms. The maximum absolute atomic E-state index is 13.3. The van der Waals surface area contributed by atoms with Crippen molar-refractivity contribution in [3.05, 3.63) is 71.3 Å². The van der Waals surface area contributed by atoms with E-state index in [1.165, 1.54) is 0 Å². The highest BCUT2D eigenvalue weighted by atomic mass is 16.5. The SMILES string of the molecule is CCCCOC(=O)C1C(C)=NC2=C(C(=O)CC(c3ccccc3)C2)C1c1ccco1. The van der Waals surface area contributed by atoms with Gasteiger partial charge in [0.15, 0.2) is 5.78 Å². The molecule has 3 unspecified atom stereocenters. The van der Waals surface area contributed by atoms with Crippen LogP contribution in [0.3, 0.4) is 0 Å². The molecule has 2 heterocycles. The highest BCUT2D eigenvalue weighted by Gasteiger charge is 2.46. The maximum Gasteiger partial charge on any atom is 0.315 e. The van der Waals surface area contributed by atoms with Crippen molar-refractivity contribution in [2.45, 2.75) is 51.4 Å². The van der Waals surface area contributed by atoms with Gasteiger partial charge in [0.05, 0.1) is 18.8 Å². The molecule has 5 heteroatoms. The van der Waals surface area contributed by atoms with E-state index in [0.717, 1.165) is 24.1 Å². The third kappa shape index (κ3) is 3.89. The number of ether oxygens (including phenoxy) is 1. The van der Waals surface area contributed by atoms with Crippen molar-refractivity contribution in [3.63, 3.8) is 0 Å². The van der Waals surface area contributed by atoms with E-state index >= 15 is 0 Å². The summed E-state index contributed by atoms with van der Waals surface area (Å²) in [5.74, 6) is -0.709. The molecule has 2 aliphatic rings. The number of carbonyl (C=O) groups excluding carboxylic acids is 2. The summed E-state index contributed by atoms with van der Waals surface area (Å²) >= 11 is 0. The Kier molecular flexibility index (Phi) is 5.98. The van der Waals surface area contributed by atoms with E-state index in [9.17, 15) is 9.59 Å². The van der Waals surface area contributed by atoms with Gasteiger partial charge < -0.3 is 9.15 Å². The number of hydrogen-bond donors (Lipinski definition) is 0. The van der Waals surface area contributed by atoms with Crippen LogP contribution in [-0.4, -0.2) is 24.1 Å². The number of carbonyl (C=O) groups is 2. The molecule has 4 rings (SSSR count). The molecule has 0 amide bonds. The molecule has 5 nitrogen and oxygen atoms in total. The molecule has 156 valence electrons. The number of unbranched alkanes of at least 4 members (excludes halogenated alkanes) is 1. The zero-order valence-corrected chi connectivity index (χ0v) is 17.5. The number of Topliss-reactive ketones (excluding diaryl/α,β-unsaturated/α-hetero) is 1. The van der Waals surface area contributed by atoms with Gasteiger partial charge in [-0.1, -0.05) is 43.7 Å². The first kappa shape index (κ1) is 20.3. The van der Waals surface area contributed by atoms with Crippen molar-refractivity contribution in [2.24, 2.45) is 10.9 Å². The summed E-state index contributed by atoms with van der Waals surface area (Å²) in [6, 6.07) is 13.7. The fourth-order valence-corrected chi connectivity index (χ4v) is 4.51. The van der Waals surface area contributed by atoms with E-state index in [1.54, 1.807) is 12.3 Å². The molecule has 0 saturated heterocycles. The van der Waals surface area contributed by atoms with E-state index in [1.807, 2.05) is 38.1 Å². The highest BCUT2D eigenvalue weighted by molar-refractivity contribution is 6.09. The van der Waals surface area contributed by atoms with Gasteiger partial charge in [-0.05, 0) is 43.4 Å². The minimum absolute atomic E-state index is 0.0362. The Bertz CT molecular complexity index is 972. The van der Waals surface area contributed by atoms with Gasteiger partial charge in [-0.25, -0.2) is 0 Å². The van der Waals surface area contributed by atoms with E-state index in [0.29, 0.717) is 36.5 Å². The number of rotatable bonds is 6. The number of benzene rings is 1. The highest BCUT2D eigenvalue weighted by Crippen LogP contribution is 2.46. The second-order valence-corrected chi connectivity index (χ2v) is 8.04. The molecule has 0 spiro atoms. The summed E-state index contributed by atoms with van der Waals surface area (Å²) in [7, 11) is 0. The largest absolute Gasteiger partial charge is 0.469 e. The molecule has 1 aliphatic carbocycles. The van der Waals surface area contributed by atoms with Gasteiger partial charge in [0.25, 0.3) is 0 Å². The van der Waals surface area contributed by atoms with Crippen LogP contribution in [0.25, 0.3) is 0 Å². The Hall–Kier alpha value is -2.95. The number of esters is 1. The topological polar surface area (TPSA) is 68.9 Å². The lowest BCUT2D eigenvalue weighted by molar-refractivity contribution is -0.146. The van der Waals surface area contributed by atoms with Crippen LogP contribution in [0.1, 0.15) is 62.7 Å². The van der Waals surface area contributed by atoms with E-state index in [-0.39, 0.29) is 17.7 Å². The van der Waals surface area contributed by atoms with E-state index in [4.69, 9.17) is 14.1 Å². The summed E-state index contributed by atoms with van der Waals surface area (Å²) in [5, 5.41) is 0. The van der Waals surface area contributed by atoms with Gasteiger partial charge >= 0.3 is 5.97 Å². The molecule has 1 aliphatic heterocycles. The molecule has 0 radical (unpaired) electrons. The van der Waals surface area contributed by atoms with Gasteiger partial charge in [0, 0.05) is 23.4 Å². The van der Waals surface area contributed by atoms with Crippen LogP contribution in [0, 0.1) is 5.92 Å². The van der Waals surface area contributed by atoms with Gasteiger partial charge in [-0.15, -0.1) is 0 Å². The second kappa shape index (κ2) is 8.82. The minimum atomic E-state index is -0.635. The second-order valence-electron chi connectivity index (χ2n) is 8.04. The Morgan fingerprint density at radius 2 is 1.97 bits per heavy atom. The average molecular weight is 405 g/mol. The summed E-state index contributed by atoms with van der Waals surface area (Å²) in [5.41, 5.74) is 3.20. The van der Waals surface area contributed by atoms with Gasteiger partial charge in [-0.3, -0.25) is 14.6 Å². The standard InChI is InChI=1S/C25H27NO4/c1-3-4-12-30-25(28)22-16(2)26-19-14-18(17-9-6-5-7-10-17)15-20(27)23(19)24(22)21-11-8-13-29-21/h5-11,13,18,22,24H,3-4,12,14-15H2,1-2H3. The third-order valence-electron chi connectivity index (χ3n) is 6.01. The van der Waals surface area contributed by atoms with Crippen LogP contribution >= 0.6 is 0 Å². The summed E-state index contributed by atoms with van der Waals surface area (Å²) in [6.45, 7) is 4.27. The van der Waals surface area contributed by atoms with Crippen LogP contribution in [0.5, 0.6) is 0 Å². The molecule has 1 aromatic heterocycles. The average Bonchev–Trinajstić information content (AvgIpc) is 3.28. The third-order valence-corrected chi connectivity index (χ3v) is 6.01. The van der Waals surface area contributed by atoms with Crippen LogP contribution in [0.4, 0.5) is 0 Å². The quantitative estimate of drug-likeness (QED) is 0.489. The number of ketones is 1. The van der Waals surface area contributed by atoms with E-state index < -0.39 is 11.8 Å². The Morgan fingerprint density at radius 1 is 1.17 bits per heavy atom. The lowest BCUT2D eigenvalue weighted by Gasteiger charge is -2.35. The molecule has 0 bridgehead atoms. The molecule has 0 N–H and O–H groups in total. The van der Waals surface area contributed by atoms with Crippen molar-refractivity contribution in [1.82, 2.24) is 0 Å². The Morgan fingerprint density at radius 3 is 2.67 bits per heavy atom. The van der Waals surface area contributed by atoms with Gasteiger partial charge in [-0.2, -0.15) is 0 Å². The fraction of sp³-hybridized carbons (Fsp3) is 0.400. The summed E-state index contributed by atoms with van der Waals surface area (Å²) < 4.78 is 11.2. The van der Waals surface area contributed by atoms with Crippen molar-refractivity contribution >= 4 is 17.5 Å². The van der Waals surface area contributed by atoms with Crippen molar-refractivity contribution < 1.29 is 18.7 Å². The van der Waals surface area contributed by atoms with Gasteiger partial charge in [0.2, 0.25) is 0 Å². The number of allylic oxidation sites excluding steroid dienone is 2. The number of aliphatic imine (C=N–C) groups is 1. The molecular formula is C25H27NO4. The lowest BCUT2D eigenvalue weighted by Crippen LogP contribution is -2.38. The summed E-state index contributed by atoms with van der Waals surface area (Å²) in [6.07, 6.45) is 4.42. The molecule has 2 aromatic rings. The van der Waals surface area contributed by atoms with Crippen LogP contribution in [0.15, 0.2) is 69.4 Å². The molecular weight excluding hydrogens is 378 g/mol. The Balaban J connectivity index is 1.70. The van der Waals surface area contributed by atoms with Crippen molar-refractivity contribution in [3.8, 4) is 0 Å². The molecule has 0 fully saturated rings. The normalized spacial score (nSPS) is 23.7. The van der Waals surface area contributed by atoms with E-state index in [2.05, 4.69) is 12.1 Å². The summed E-state index contributed by atoms with van der Waals surface area (Å²) in [4.78, 5) is 31.1. The predicted octanol–water partition coefficient (Wildman–Crippen LogP) is 5.20.